The summed E-state index contributed by atoms with van der Waals surface area (Å²) in [4.78, 5) is 100. The zero-order chi connectivity index (χ0) is 55.7. The Balaban J connectivity index is 1.19. The monoisotopic (exact) mass is 1080 g/mol. The minimum atomic E-state index is -2.77. The first kappa shape index (κ1) is 61.2. The average molecular weight is 1080 g/mol. The standard InChI is InChI=1S/C52H69N8O15P/c1-7-11-13-15-39(41(9-3)59(69)31-61)49(65)53-27-55-51(67)45-23-21-43(74-45)35-17-19-37(33(5)25-35)47(63)57-29-72-76(71)73-30-58-48(64)38-20-18-36(26-34(38)6)44-22-24-46(75-44)52(68)56-28-54-50(66)40(16-14-12-8-2)42(10-4)60(70)32-62/h17-26,31-32,39-42,69-70H,7-16,27-30H2,1-6H3,(H5-,53,54,55,56,57,58,63,64,65,66,67,68)/p+1/t39-,40-,41-,42-/m1/s1. The summed E-state index contributed by atoms with van der Waals surface area (Å²) in [6.07, 6.45) is 7.20. The Labute approximate surface area is 442 Å². The highest BCUT2D eigenvalue weighted by Gasteiger charge is 2.32. The Hall–Kier alpha value is -7.30. The number of hydrogen-bond donors (Lipinski definition) is 8. The zero-order valence-corrected chi connectivity index (χ0v) is 44.6. The van der Waals surface area contributed by atoms with E-state index in [1.54, 1.807) is 64.1 Å². The van der Waals surface area contributed by atoms with E-state index in [-0.39, 0.29) is 48.8 Å². The number of carbonyl (C=O) groups is 8. The van der Waals surface area contributed by atoms with Crippen molar-refractivity contribution < 1.29 is 71.2 Å². The maximum absolute atomic E-state index is 13.1. The lowest BCUT2D eigenvalue weighted by molar-refractivity contribution is -0.169. The first-order valence-corrected chi connectivity index (χ1v) is 26.3. The number of unbranched alkanes of at least 4 members (excludes halogenated alkanes) is 4. The van der Waals surface area contributed by atoms with Gasteiger partial charge in [-0.2, -0.15) is 0 Å². The number of nitrogens with one attached hydrogen (secondary N) is 6. The zero-order valence-electron chi connectivity index (χ0n) is 43.7. The van der Waals surface area contributed by atoms with Crippen molar-refractivity contribution in [3.63, 3.8) is 0 Å². The summed E-state index contributed by atoms with van der Waals surface area (Å²) in [7, 11) is -2.77. The average Bonchev–Trinajstić information content (AvgIpc) is 4.12. The van der Waals surface area contributed by atoms with Crippen LogP contribution in [0.5, 0.6) is 0 Å². The Morgan fingerprint density at radius 2 is 0.961 bits per heavy atom. The van der Waals surface area contributed by atoms with Gasteiger partial charge in [-0.3, -0.25) is 48.8 Å². The summed E-state index contributed by atoms with van der Waals surface area (Å²) in [5.41, 5.74) is 2.74. The van der Waals surface area contributed by atoms with Gasteiger partial charge in [0, 0.05) is 26.8 Å². The molecule has 2 aromatic heterocycles. The van der Waals surface area contributed by atoms with Gasteiger partial charge in [-0.25, -0.2) is 10.1 Å². The molecule has 2 aromatic carbocycles. The molecule has 412 valence electrons. The SMILES string of the molecule is CCCCC[C@@H](C(=O)NCNC(=O)c1ccc(-c2ccc(C(=O)NCO[P+](=O)OCNC(=O)c3ccc(-c4ccc(C(=O)NCNC(=O)[C@H](CCCCC)[C@@H](CC)N(O)C=O)o4)cc3C)c(C)c2)o1)[C@@H](CC)N(O)C=O. The van der Waals surface area contributed by atoms with Crippen LogP contribution in [0, 0.1) is 25.7 Å². The van der Waals surface area contributed by atoms with Crippen LogP contribution in [0.4, 0.5) is 0 Å². The van der Waals surface area contributed by atoms with Crippen molar-refractivity contribution in [2.24, 2.45) is 11.8 Å². The molecule has 0 unspecified atom stereocenters. The highest BCUT2D eigenvalue weighted by atomic mass is 31.1. The first-order chi connectivity index (χ1) is 36.5. The summed E-state index contributed by atoms with van der Waals surface area (Å²) >= 11 is 0. The number of hydrogen-bond acceptors (Lipinski definition) is 15. The Kier molecular flexibility index (Phi) is 25.4. The number of aryl methyl sites for hydroxylation is 2. The number of benzene rings is 2. The number of carbonyl (C=O) groups excluding carboxylic acids is 8. The second-order valence-corrected chi connectivity index (χ2v) is 18.7. The molecular weight excluding hydrogens is 1010 g/mol. The summed E-state index contributed by atoms with van der Waals surface area (Å²) in [6.45, 7) is 9.51. The minimum absolute atomic E-state index is 0.0345. The van der Waals surface area contributed by atoms with Gasteiger partial charge in [0.25, 0.3) is 23.6 Å². The fourth-order valence-electron chi connectivity index (χ4n) is 8.46. The number of rotatable bonds is 34. The number of hydroxylamine groups is 4. The molecule has 2 heterocycles. The van der Waals surface area contributed by atoms with Crippen molar-refractivity contribution in [3.8, 4) is 22.6 Å². The van der Waals surface area contributed by atoms with Gasteiger partial charge in [0.15, 0.2) is 25.0 Å². The second-order valence-electron chi connectivity index (χ2n) is 17.7. The fourth-order valence-corrected chi connectivity index (χ4v) is 8.87. The fraction of sp³-hybridized carbons (Fsp3) is 0.462. The molecule has 0 aliphatic heterocycles. The van der Waals surface area contributed by atoms with Crippen molar-refractivity contribution in [1.29, 1.82) is 0 Å². The van der Waals surface area contributed by atoms with E-state index in [1.807, 2.05) is 13.8 Å². The number of furan rings is 2. The molecule has 0 bridgehead atoms. The van der Waals surface area contributed by atoms with Crippen molar-refractivity contribution in [2.45, 2.75) is 118 Å². The summed E-state index contributed by atoms with van der Waals surface area (Å²) in [5.74, 6) is -3.90. The molecule has 24 heteroatoms. The van der Waals surface area contributed by atoms with Crippen LogP contribution in [0.15, 0.2) is 69.5 Å². The van der Waals surface area contributed by atoms with Crippen LogP contribution < -0.4 is 31.9 Å². The molecule has 0 spiro atoms. The van der Waals surface area contributed by atoms with E-state index in [2.05, 4.69) is 31.9 Å². The van der Waals surface area contributed by atoms with Gasteiger partial charge in [0.2, 0.25) is 24.6 Å². The molecule has 0 saturated heterocycles. The van der Waals surface area contributed by atoms with Crippen LogP contribution in [0.3, 0.4) is 0 Å². The molecule has 8 amide bonds. The minimum Gasteiger partial charge on any atom is -0.451 e. The van der Waals surface area contributed by atoms with Gasteiger partial charge in [-0.05, 0) is 99.2 Å². The molecule has 0 saturated carbocycles. The van der Waals surface area contributed by atoms with E-state index in [9.17, 15) is 53.3 Å². The summed E-state index contributed by atoms with van der Waals surface area (Å²) in [6, 6.07) is 14.3. The second kappa shape index (κ2) is 31.6. The van der Waals surface area contributed by atoms with Crippen LogP contribution >= 0.6 is 8.25 Å². The maximum atomic E-state index is 13.1. The van der Waals surface area contributed by atoms with E-state index < -0.39 is 81.1 Å². The molecule has 4 aromatic rings. The van der Waals surface area contributed by atoms with Gasteiger partial charge in [0.05, 0.1) is 37.3 Å². The van der Waals surface area contributed by atoms with Crippen molar-refractivity contribution >= 4 is 56.5 Å². The summed E-state index contributed by atoms with van der Waals surface area (Å²) in [5, 5.41) is 36.6. The van der Waals surface area contributed by atoms with Crippen LogP contribution in [-0.2, 0) is 32.8 Å². The van der Waals surface area contributed by atoms with Crippen molar-refractivity contribution in [3.05, 3.63) is 94.4 Å². The molecule has 0 aliphatic rings. The van der Waals surface area contributed by atoms with E-state index >= 15 is 0 Å². The van der Waals surface area contributed by atoms with Crippen molar-refractivity contribution in [2.75, 3.05) is 26.8 Å². The van der Waals surface area contributed by atoms with Gasteiger partial charge < -0.3 is 40.7 Å². The van der Waals surface area contributed by atoms with E-state index in [4.69, 9.17) is 17.9 Å². The predicted octanol–water partition coefficient (Wildman–Crippen LogP) is 6.84. The predicted molar refractivity (Wildman–Crippen MR) is 276 cm³/mol. The lowest BCUT2D eigenvalue weighted by atomic mass is 9.90. The molecule has 0 radical (unpaired) electrons. The smallest absolute Gasteiger partial charge is 0.451 e. The number of amides is 8. The van der Waals surface area contributed by atoms with Gasteiger partial charge in [0.1, 0.15) is 11.5 Å². The first-order valence-electron chi connectivity index (χ1n) is 25.2. The van der Waals surface area contributed by atoms with E-state index in [0.717, 1.165) is 38.5 Å². The lowest BCUT2D eigenvalue weighted by Crippen LogP contribution is -2.47. The maximum Gasteiger partial charge on any atom is 0.701 e. The molecule has 76 heavy (non-hydrogen) atoms. The summed E-state index contributed by atoms with van der Waals surface area (Å²) < 4.78 is 34.1. The van der Waals surface area contributed by atoms with Crippen LogP contribution in [-0.4, -0.2) is 108 Å². The molecule has 8 N–H and O–H groups in total. The van der Waals surface area contributed by atoms with E-state index in [0.29, 0.717) is 69.6 Å². The third-order valence-electron chi connectivity index (χ3n) is 12.6. The Morgan fingerprint density at radius 1 is 0.566 bits per heavy atom. The molecule has 4 atom stereocenters. The quantitative estimate of drug-likeness (QED) is 0.00593. The lowest BCUT2D eigenvalue weighted by Gasteiger charge is -2.29. The Bertz CT molecular complexity index is 2450. The molecule has 0 aliphatic carbocycles. The third kappa shape index (κ3) is 17.9. The Morgan fingerprint density at radius 3 is 1.30 bits per heavy atom. The van der Waals surface area contributed by atoms with Gasteiger partial charge in [-0.15, -0.1) is 0 Å². The van der Waals surface area contributed by atoms with Gasteiger partial charge in [-0.1, -0.05) is 87.4 Å². The highest BCUT2D eigenvalue weighted by molar-refractivity contribution is 7.33. The van der Waals surface area contributed by atoms with Crippen LogP contribution in [0.1, 0.15) is 145 Å². The number of nitrogens with zero attached hydrogens (tertiary/aromatic N) is 2. The largest absolute Gasteiger partial charge is 0.701 e. The van der Waals surface area contributed by atoms with Crippen LogP contribution in [0.2, 0.25) is 0 Å². The normalized spacial score (nSPS) is 12.5. The van der Waals surface area contributed by atoms with E-state index in [1.165, 1.54) is 24.3 Å². The molecule has 0 fully saturated rings. The molecule has 23 nitrogen and oxygen atoms in total. The molecular formula is C52H70N8O15P+. The van der Waals surface area contributed by atoms with Crippen LogP contribution in [0.25, 0.3) is 22.6 Å². The van der Waals surface area contributed by atoms with Crippen molar-refractivity contribution in [1.82, 2.24) is 42.0 Å². The van der Waals surface area contributed by atoms with Gasteiger partial charge >= 0.3 is 8.25 Å². The topological polar surface area (TPSA) is 317 Å². The third-order valence-corrected chi connectivity index (χ3v) is 13.3. The highest BCUT2D eigenvalue weighted by Crippen LogP contribution is 2.28. The molecule has 4 rings (SSSR count).